The predicted molar refractivity (Wildman–Crippen MR) is 73.2 cm³/mol. The highest BCUT2D eigenvalue weighted by Crippen LogP contribution is 2.35. The van der Waals surface area contributed by atoms with Crippen molar-refractivity contribution in [3.8, 4) is 0 Å². The summed E-state index contributed by atoms with van der Waals surface area (Å²) in [4.78, 5) is 27.2. The Balaban J connectivity index is 2.26. The molecule has 0 unspecified atom stereocenters. The molecule has 0 bridgehead atoms. The monoisotopic (exact) mass is 288 g/mol. The maximum Gasteiger partial charge on any atom is 0.291 e. The Morgan fingerprint density at radius 1 is 1.25 bits per heavy atom. The number of carbonyl (C=O) groups is 1. The predicted octanol–water partition coefficient (Wildman–Crippen LogP) is 2.97. The van der Waals surface area contributed by atoms with Crippen LogP contribution in [0.1, 0.15) is 27.2 Å². The Kier molecular flexibility index (Phi) is 2.99. The molecule has 0 saturated heterocycles. The lowest BCUT2D eigenvalue weighted by Crippen LogP contribution is -2.08. The number of nitro benzene ring substituents is 1. The minimum atomic E-state index is -0.530. The molecule has 0 spiro atoms. The van der Waals surface area contributed by atoms with Crippen LogP contribution in [0.15, 0.2) is 30.5 Å². The van der Waals surface area contributed by atoms with Crippen LogP contribution in [-0.2, 0) is 12.8 Å². The second-order valence-corrected chi connectivity index (χ2v) is 4.93. The molecule has 0 aliphatic heterocycles. The molecule has 3 rings (SSSR count). The van der Waals surface area contributed by atoms with Gasteiger partial charge in [-0.1, -0.05) is 17.7 Å². The van der Waals surface area contributed by atoms with Gasteiger partial charge in [0.2, 0.25) is 5.78 Å². The number of hydrogen-bond donors (Lipinski definition) is 0. The first kappa shape index (κ1) is 12.7. The molecule has 0 saturated carbocycles. The van der Waals surface area contributed by atoms with E-state index < -0.39 is 4.92 Å². The fourth-order valence-electron chi connectivity index (χ4n) is 2.50. The molecule has 1 aliphatic carbocycles. The lowest BCUT2D eigenvalue weighted by atomic mass is 10.00. The zero-order valence-corrected chi connectivity index (χ0v) is 11.1. The van der Waals surface area contributed by atoms with Crippen LogP contribution < -0.4 is 0 Å². The van der Waals surface area contributed by atoms with Gasteiger partial charge in [-0.2, -0.15) is 0 Å². The van der Waals surface area contributed by atoms with Gasteiger partial charge in [-0.25, -0.2) is 0 Å². The van der Waals surface area contributed by atoms with E-state index in [1.807, 2.05) is 6.07 Å². The van der Waals surface area contributed by atoms with Crippen LogP contribution in [0.5, 0.6) is 0 Å². The maximum absolute atomic E-state index is 12.5. The summed E-state index contributed by atoms with van der Waals surface area (Å²) in [7, 11) is 0. The Morgan fingerprint density at radius 2 is 2.05 bits per heavy atom. The highest BCUT2D eigenvalue weighted by Gasteiger charge is 2.29. The summed E-state index contributed by atoms with van der Waals surface area (Å²) in [6.07, 6.45) is 2.48. The molecule has 2 aromatic rings. The van der Waals surface area contributed by atoms with E-state index in [1.165, 1.54) is 12.1 Å². The third-order valence-electron chi connectivity index (χ3n) is 3.41. The number of nitrogens with zero attached hydrogens (tertiary/aromatic N) is 2. The Bertz CT molecular complexity index is 743. The van der Waals surface area contributed by atoms with Crippen LogP contribution in [0.25, 0.3) is 0 Å². The normalized spacial score (nSPS) is 13.3. The number of nitro groups is 1. The van der Waals surface area contributed by atoms with E-state index >= 15 is 0 Å². The van der Waals surface area contributed by atoms with Gasteiger partial charge in [-0.15, -0.1) is 0 Å². The van der Waals surface area contributed by atoms with Crippen molar-refractivity contribution in [2.24, 2.45) is 0 Å². The molecule has 0 radical (unpaired) electrons. The van der Waals surface area contributed by atoms with Crippen LogP contribution in [0.4, 0.5) is 5.69 Å². The van der Waals surface area contributed by atoms with Crippen molar-refractivity contribution in [3.63, 3.8) is 0 Å². The van der Waals surface area contributed by atoms with Crippen LogP contribution in [0.2, 0.25) is 5.02 Å². The summed E-state index contributed by atoms with van der Waals surface area (Å²) in [6, 6.07) is 6.50. The molecule has 5 nitrogen and oxygen atoms in total. The molecule has 1 aliphatic rings. The number of carbonyl (C=O) groups excluding carboxylic acids is 1. The van der Waals surface area contributed by atoms with Gasteiger partial charge >= 0.3 is 0 Å². The molecular weight excluding hydrogens is 280 g/mol. The number of benzene rings is 1. The third kappa shape index (κ3) is 1.87. The highest BCUT2D eigenvalue weighted by molar-refractivity contribution is 6.33. The van der Waals surface area contributed by atoms with Gasteiger partial charge in [0.15, 0.2) is 0 Å². The van der Waals surface area contributed by atoms with Gasteiger partial charge in [-0.05, 0) is 36.6 Å². The summed E-state index contributed by atoms with van der Waals surface area (Å²) in [6.45, 7) is 0. The van der Waals surface area contributed by atoms with Crippen molar-refractivity contribution in [3.05, 3.63) is 68.0 Å². The first-order valence-corrected chi connectivity index (χ1v) is 6.41. The highest BCUT2D eigenvalue weighted by atomic mass is 35.5. The van der Waals surface area contributed by atoms with Gasteiger partial charge < -0.3 is 0 Å². The van der Waals surface area contributed by atoms with E-state index in [2.05, 4.69) is 4.98 Å². The van der Waals surface area contributed by atoms with Crippen molar-refractivity contribution in [2.75, 3.05) is 0 Å². The standard InChI is InChI=1S/C14H9ClN2O3/c15-11-6-5-10-9(13(11)17(19)20)4-3-8-2-1-7-16-12(8)14(10)18/h1-2,5-7H,3-4H2. The lowest BCUT2D eigenvalue weighted by molar-refractivity contribution is -0.385. The fraction of sp³-hybridized carbons (Fsp3) is 0.143. The summed E-state index contributed by atoms with van der Waals surface area (Å²) in [5, 5.41) is 11.2. The minimum Gasteiger partial charge on any atom is -0.287 e. The van der Waals surface area contributed by atoms with Crippen LogP contribution in [-0.4, -0.2) is 15.7 Å². The largest absolute Gasteiger partial charge is 0.291 e. The molecule has 1 aromatic carbocycles. The molecule has 20 heavy (non-hydrogen) atoms. The molecule has 1 aromatic heterocycles. The summed E-state index contributed by atoms with van der Waals surface area (Å²) >= 11 is 5.90. The zero-order chi connectivity index (χ0) is 14.3. The number of fused-ring (bicyclic) bond motifs is 2. The Labute approximate surface area is 119 Å². The van der Waals surface area contributed by atoms with Gasteiger partial charge in [0.25, 0.3) is 5.69 Å². The average Bonchev–Trinajstić information content (AvgIpc) is 2.57. The summed E-state index contributed by atoms with van der Waals surface area (Å²) in [5.41, 5.74) is 1.70. The second-order valence-electron chi connectivity index (χ2n) is 4.52. The van der Waals surface area contributed by atoms with E-state index in [1.54, 1.807) is 12.3 Å². The van der Waals surface area contributed by atoms with Crippen LogP contribution in [0.3, 0.4) is 0 Å². The maximum atomic E-state index is 12.5. The number of pyridine rings is 1. The number of halogens is 1. The smallest absolute Gasteiger partial charge is 0.287 e. The van der Waals surface area contributed by atoms with E-state index in [4.69, 9.17) is 11.6 Å². The van der Waals surface area contributed by atoms with Crippen molar-refractivity contribution >= 4 is 23.1 Å². The second kappa shape index (κ2) is 4.68. The number of aromatic nitrogens is 1. The molecule has 0 fully saturated rings. The molecule has 1 heterocycles. The number of rotatable bonds is 1. The van der Waals surface area contributed by atoms with Crippen molar-refractivity contribution < 1.29 is 9.72 Å². The van der Waals surface area contributed by atoms with E-state index in [0.29, 0.717) is 29.7 Å². The van der Waals surface area contributed by atoms with E-state index in [9.17, 15) is 14.9 Å². The first-order chi connectivity index (χ1) is 9.59. The zero-order valence-electron chi connectivity index (χ0n) is 10.3. The van der Waals surface area contributed by atoms with Gasteiger partial charge in [0, 0.05) is 17.3 Å². The van der Waals surface area contributed by atoms with Gasteiger partial charge in [0.1, 0.15) is 10.7 Å². The van der Waals surface area contributed by atoms with Gasteiger partial charge in [-0.3, -0.25) is 19.9 Å². The SMILES string of the molecule is O=C1c2ccc(Cl)c([N+](=O)[O-])c2CCc2cccnc21. The van der Waals surface area contributed by atoms with Crippen LogP contribution >= 0.6 is 11.6 Å². The molecule has 0 amide bonds. The Morgan fingerprint density at radius 3 is 2.80 bits per heavy atom. The summed E-state index contributed by atoms with van der Waals surface area (Å²) < 4.78 is 0. The Hall–Kier alpha value is -2.27. The molecular formula is C14H9ClN2O3. The van der Waals surface area contributed by atoms with E-state index in [0.717, 1.165) is 5.56 Å². The summed E-state index contributed by atoms with van der Waals surface area (Å²) in [5.74, 6) is -0.284. The quantitative estimate of drug-likeness (QED) is 0.597. The fourth-order valence-corrected chi connectivity index (χ4v) is 2.75. The number of hydrogen-bond acceptors (Lipinski definition) is 4. The third-order valence-corrected chi connectivity index (χ3v) is 3.72. The van der Waals surface area contributed by atoms with Crippen molar-refractivity contribution in [1.82, 2.24) is 4.98 Å². The molecule has 6 heteroatoms. The number of aryl methyl sites for hydroxylation is 1. The topological polar surface area (TPSA) is 73.1 Å². The van der Waals surface area contributed by atoms with E-state index in [-0.39, 0.29) is 16.5 Å². The minimum absolute atomic E-state index is 0.0560. The van der Waals surface area contributed by atoms with Crippen molar-refractivity contribution in [1.29, 1.82) is 0 Å². The van der Waals surface area contributed by atoms with Gasteiger partial charge in [0.05, 0.1) is 4.92 Å². The molecule has 100 valence electrons. The lowest BCUT2D eigenvalue weighted by Gasteiger charge is -2.06. The molecule has 0 atom stereocenters. The molecule has 0 N–H and O–H groups in total. The van der Waals surface area contributed by atoms with Crippen LogP contribution in [0, 0.1) is 10.1 Å². The number of ketones is 1. The van der Waals surface area contributed by atoms with Crippen molar-refractivity contribution in [2.45, 2.75) is 12.8 Å². The average molecular weight is 289 g/mol. The first-order valence-electron chi connectivity index (χ1n) is 6.04.